The predicted octanol–water partition coefficient (Wildman–Crippen LogP) is 2.59. The van der Waals surface area contributed by atoms with E-state index in [1.807, 2.05) is 0 Å². The molecule has 0 aliphatic heterocycles. The van der Waals surface area contributed by atoms with Gasteiger partial charge in [0.15, 0.2) is 6.61 Å². The molecule has 0 saturated carbocycles. The van der Waals surface area contributed by atoms with Gasteiger partial charge in [0.2, 0.25) is 0 Å². The fourth-order valence-corrected chi connectivity index (χ4v) is 1.99. The van der Waals surface area contributed by atoms with E-state index in [4.69, 9.17) is 21.1 Å². The van der Waals surface area contributed by atoms with Gasteiger partial charge in [0.25, 0.3) is 11.8 Å². The second kappa shape index (κ2) is 9.34. The van der Waals surface area contributed by atoms with Crippen molar-refractivity contribution >= 4 is 29.5 Å². The Labute approximate surface area is 150 Å². The SMILES string of the molecule is COc1ccc(/C=C/C(=O)NNC(=O)COc2ccccc2Cl)cc1. The van der Waals surface area contributed by atoms with Gasteiger partial charge in [0.1, 0.15) is 11.5 Å². The number of methoxy groups -OCH3 is 1. The van der Waals surface area contributed by atoms with Gasteiger partial charge in [-0.3, -0.25) is 20.4 Å². The van der Waals surface area contributed by atoms with Crippen LogP contribution in [0.1, 0.15) is 5.56 Å². The highest BCUT2D eigenvalue weighted by atomic mass is 35.5. The second-order valence-electron chi connectivity index (χ2n) is 4.86. The topological polar surface area (TPSA) is 76.7 Å². The van der Waals surface area contributed by atoms with Crippen molar-refractivity contribution in [2.45, 2.75) is 0 Å². The molecular weight excluding hydrogens is 344 g/mol. The quantitative estimate of drug-likeness (QED) is 0.613. The van der Waals surface area contributed by atoms with Gasteiger partial charge in [0, 0.05) is 6.08 Å². The number of hydrogen-bond acceptors (Lipinski definition) is 4. The molecule has 2 rings (SSSR count). The lowest BCUT2D eigenvalue weighted by Gasteiger charge is -2.08. The first-order chi connectivity index (χ1) is 12.1. The standard InChI is InChI=1S/C18H17ClN2O4/c1-24-14-9-6-13(7-10-14)8-11-17(22)20-21-18(23)12-25-16-5-3-2-4-15(16)19/h2-11H,12H2,1H3,(H,20,22)(H,21,23)/b11-8+. The van der Waals surface area contributed by atoms with Crippen molar-refractivity contribution in [2.75, 3.05) is 13.7 Å². The molecule has 2 amide bonds. The highest BCUT2D eigenvalue weighted by molar-refractivity contribution is 6.32. The molecule has 0 aliphatic rings. The molecule has 0 aromatic heterocycles. The maximum atomic E-state index is 11.7. The molecule has 25 heavy (non-hydrogen) atoms. The van der Waals surface area contributed by atoms with E-state index < -0.39 is 11.8 Å². The summed E-state index contributed by atoms with van der Waals surface area (Å²) in [7, 11) is 1.58. The van der Waals surface area contributed by atoms with E-state index in [9.17, 15) is 9.59 Å². The summed E-state index contributed by atoms with van der Waals surface area (Å²) in [6, 6.07) is 14.0. The number of nitrogens with one attached hydrogen (secondary N) is 2. The summed E-state index contributed by atoms with van der Waals surface area (Å²) in [6.07, 6.45) is 2.91. The van der Waals surface area contributed by atoms with Crippen molar-refractivity contribution in [3.05, 3.63) is 65.2 Å². The number of hydrazine groups is 1. The fraction of sp³-hybridized carbons (Fsp3) is 0.111. The van der Waals surface area contributed by atoms with Crippen LogP contribution in [0.4, 0.5) is 0 Å². The van der Waals surface area contributed by atoms with Crippen LogP contribution < -0.4 is 20.3 Å². The molecule has 7 heteroatoms. The summed E-state index contributed by atoms with van der Waals surface area (Å²) in [5.41, 5.74) is 5.34. The van der Waals surface area contributed by atoms with E-state index in [-0.39, 0.29) is 6.61 Å². The van der Waals surface area contributed by atoms with Crippen molar-refractivity contribution in [3.63, 3.8) is 0 Å². The largest absolute Gasteiger partial charge is 0.497 e. The van der Waals surface area contributed by atoms with Crippen LogP contribution in [0, 0.1) is 0 Å². The summed E-state index contributed by atoms with van der Waals surface area (Å²) >= 11 is 5.91. The third-order valence-electron chi connectivity index (χ3n) is 3.06. The zero-order chi connectivity index (χ0) is 18.1. The van der Waals surface area contributed by atoms with Crippen molar-refractivity contribution in [1.29, 1.82) is 0 Å². The zero-order valence-electron chi connectivity index (χ0n) is 13.5. The average Bonchev–Trinajstić information content (AvgIpc) is 2.64. The van der Waals surface area contributed by atoms with Gasteiger partial charge in [-0.25, -0.2) is 0 Å². The maximum Gasteiger partial charge on any atom is 0.276 e. The molecule has 0 radical (unpaired) electrons. The molecule has 0 heterocycles. The van der Waals surface area contributed by atoms with Crippen LogP contribution in [0.25, 0.3) is 6.08 Å². The molecule has 0 atom stereocenters. The molecule has 0 fully saturated rings. The van der Waals surface area contributed by atoms with Crippen LogP contribution in [0.5, 0.6) is 11.5 Å². The highest BCUT2D eigenvalue weighted by Gasteiger charge is 2.05. The van der Waals surface area contributed by atoms with Crippen LogP contribution in [-0.4, -0.2) is 25.5 Å². The predicted molar refractivity (Wildman–Crippen MR) is 95.3 cm³/mol. The van der Waals surface area contributed by atoms with E-state index >= 15 is 0 Å². The minimum Gasteiger partial charge on any atom is -0.497 e. The first-order valence-electron chi connectivity index (χ1n) is 7.37. The van der Waals surface area contributed by atoms with Gasteiger partial charge in [0.05, 0.1) is 12.1 Å². The number of carbonyl (C=O) groups excluding carboxylic acids is 2. The summed E-state index contributed by atoms with van der Waals surface area (Å²) < 4.78 is 10.3. The van der Waals surface area contributed by atoms with Gasteiger partial charge < -0.3 is 9.47 Å². The third-order valence-corrected chi connectivity index (χ3v) is 3.38. The number of carbonyl (C=O) groups is 2. The number of ether oxygens (including phenoxy) is 2. The Kier molecular flexibility index (Phi) is 6.86. The van der Waals surface area contributed by atoms with Crippen molar-refractivity contribution in [2.24, 2.45) is 0 Å². The van der Waals surface area contributed by atoms with E-state index in [0.29, 0.717) is 10.8 Å². The van der Waals surface area contributed by atoms with Gasteiger partial charge in [-0.05, 0) is 35.9 Å². The fourth-order valence-electron chi connectivity index (χ4n) is 1.80. The summed E-state index contributed by atoms with van der Waals surface area (Å²) in [5.74, 6) is 0.144. The molecule has 0 unspecified atom stereocenters. The number of halogens is 1. The van der Waals surface area contributed by atoms with E-state index in [0.717, 1.165) is 11.3 Å². The second-order valence-corrected chi connectivity index (χ2v) is 5.27. The highest BCUT2D eigenvalue weighted by Crippen LogP contribution is 2.22. The smallest absolute Gasteiger partial charge is 0.276 e. The zero-order valence-corrected chi connectivity index (χ0v) is 14.2. The lowest BCUT2D eigenvalue weighted by molar-refractivity contribution is -0.128. The minimum absolute atomic E-state index is 0.272. The Balaban J connectivity index is 1.74. The Morgan fingerprint density at radius 1 is 1.08 bits per heavy atom. The van der Waals surface area contributed by atoms with Crippen molar-refractivity contribution in [1.82, 2.24) is 10.9 Å². The normalized spacial score (nSPS) is 10.3. The Hall–Kier alpha value is -2.99. The molecule has 0 saturated heterocycles. The number of hydrogen-bond donors (Lipinski definition) is 2. The van der Waals surface area contributed by atoms with Crippen LogP contribution >= 0.6 is 11.6 Å². The lowest BCUT2D eigenvalue weighted by Crippen LogP contribution is -2.43. The molecule has 2 N–H and O–H groups in total. The van der Waals surface area contributed by atoms with E-state index in [1.54, 1.807) is 61.7 Å². The van der Waals surface area contributed by atoms with Gasteiger partial charge in [-0.15, -0.1) is 0 Å². The van der Waals surface area contributed by atoms with Crippen molar-refractivity contribution < 1.29 is 19.1 Å². The molecule has 0 bridgehead atoms. The monoisotopic (exact) mass is 360 g/mol. The summed E-state index contributed by atoms with van der Waals surface area (Å²) in [6.45, 7) is -0.272. The molecule has 130 valence electrons. The molecule has 2 aromatic carbocycles. The number of rotatable bonds is 6. The molecular formula is C18H17ClN2O4. The van der Waals surface area contributed by atoms with Gasteiger partial charge in [-0.2, -0.15) is 0 Å². The van der Waals surface area contributed by atoms with Crippen LogP contribution in [-0.2, 0) is 9.59 Å². The Morgan fingerprint density at radius 2 is 1.80 bits per heavy atom. The van der Waals surface area contributed by atoms with Gasteiger partial charge >= 0.3 is 0 Å². The number of amides is 2. The van der Waals surface area contributed by atoms with Crippen LogP contribution in [0.15, 0.2) is 54.6 Å². The first kappa shape index (κ1) is 18.4. The lowest BCUT2D eigenvalue weighted by atomic mass is 10.2. The summed E-state index contributed by atoms with van der Waals surface area (Å²) in [4.78, 5) is 23.3. The summed E-state index contributed by atoms with van der Waals surface area (Å²) in [5, 5.41) is 0.404. The average molecular weight is 361 g/mol. The molecule has 6 nitrogen and oxygen atoms in total. The van der Waals surface area contributed by atoms with Crippen LogP contribution in [0.2, 0.25) is 5.02 Å². The van der Waals surface area contributed by atoms with Gasteiger partial charge in [-0.1, -0.05) is 35.9 Å². The number of para-hydroxylation sites is 1. The molecule has 0 aliphatic carbocycles. The van der Waals surface area contributed by atoms with Crippen LogP contribution in [0.3, 0.4) is 0 Å². The van der Waals surface area contributed by atoms with E-state index in [2.05, 4.69) is 10.9 Å². The minimum atomic E-state index is -0.508. The number of benzene rings is 2. The maximum absolute atomic E-state index is 11.7. The van der Waals surface area contributed by atoms with E-state index in [1.165, 1.54) is 6.08 Å². The molecule has 0 spiro atoms. The first-order valence-corrected chi connectivity index (χ1v) is 7.74. The molecule has 2 aromatic rings. The Morgan fingerprint density at radius 3 is 2.48 bits per heavy atom. The third kappa shape index (κ3) is 6.19. The van der Waals surface area contributed by atoms with Crippen molar-refractivity contribution in [3.8, 4) is 11.5 Å². The Bertz CT molecular complexity index is 760.